The molecular formula is C8H13BO5P+. The molecule has 15 heavy (non-hydrogen) atoms. The first-order valence-corrected chi connectivity index (χ1v) is 5.88. The first-order valence-electron chi connectivity index (χ1n) is 4.78. The predicted molar refractivity (Wildman–Crippen MR) is 52.8 cm³/mol. The molecule has 0 saturated carbocycles. The summed E-state index contributed by atoms with van der Waals surface area (Å²) < 4.78 is 31.8. The van der Waals surface area contributed by atoms with Crippen molar-refractivity contribution in [3.63, 3.8) is 0 Å². The van der Waals surface area contributed by atoms with Gasteiger partial charge in [0, 0.05) is 23.6 Å². The Kier molecular flexibility index (Phi) is 3.15. The molecule has 5 nitrogen and oxygen atoms in total. The van der Waals surface area contributed by atoms with Crippen LogP contribution < -0.4 is 0 Å². The molecule has 2 aliphatic rings. The van der Waals surface area contributed by atoms with Crippen LogP contribution in [0, 0.1) is 5.92 Å². The molecule has 2 heterocycles. The quantitative estimate of drug-likeness (QED) is 0.488. The van der Waals surface area contributed by atoms with Gasteiger partial charge in [-0.1, -0.05) is 6.92 Å². The van der Waals surface area contributed by atoms with Crippen molar-refractivity contribution in [2.45, 2.75) is 24.6 Å². The molecule has 7 heteroatoms. The van der Waals surface area contributed by atoms with Gasteiger partial charge < -0.3 is 9.47 Å². The van der Waals surface area contributed by atoms with Crippen molar-refractivity contribution >= 4 is 16.1 Å². The summed E-state index contributed by atoms with van der Waals surface area (Å²) in [6.45, 7) is 2.43. The third-order valence-corrected chi connectivity index (χ3v) is 3.80. The molecule has 0 bridgehead atoms. The number of ether oxygens (including phenoxy) is 2. The van der Waals surface area contributed by atoms with E-state index in [-0.39, 0.29) is 25.2 Å². The molecule has 0 amide bonds. The molecule has 3 atom stereocenters. The summed E-state index contributed by atoms with van der Waals surface area (Å²) in [6, 6.07) is -0.492. The lowest BCUT2D eigenvalue weighted by Gasteiger charge is -2.30. The van der Waals surface area contributed by atoms with E-state index in [1.54, 1.807) is 7.11 Å². The van der Waals surface area contributed by atoms with Crippen LogP contribution in [0.25, 0.3) is 0 Å². The van der Waals surface area contributed by atoms with Crippen LogP contribution in [0.1, 0.15) is 6.92 Å². The van der Waals surface area contributed by atoms with E-state index in [9.17, 15) is 4.57 Å². The van der Waals surface area contributed by atoms with Gasteiger partial charge in [-0.2, -0.15) is 0 Å². The zero-order chi connectivity index (χ0) is 11.1. The van der Waals surface area contributed by atoms with Gasteiger partial charge in [0.15, 0.2) is 0 Å². The van der Waals surface area contributed by atoms with Crippen LogP contribution in [0.3, 0.4) is 0 Å². The Bertz CT molecular complexity index is 264. The minimum absolute atomic E-state index is 0.0428. The van der Waals surface area contributed by atoms with Crippen LogP contribution >= 0.6 is 8.25 Å². The lowest BCUT2D eigenvalue weighted by Crippen LogP contribution is -2.47. The lowest BCUT2D eigenvalue weighted by atomic mass is 9.83. The van der Waals surface area contributed by atoms with Gasteiger partial charge in [0.2, 0.25) is 0 Å². The Labute approximate surface area is 90.8 Å². The smallest absolute Gasteiger partial charge is 0.379 e. The summed E-state index contributed by atoms with van der Waals surface area (Å²) in [6.07, 6.45) is -0.187. The molecule has 0 N–H and O–H groups in total. The van der Waals surface area contributed by atoms with Gasteiger partial charge >= 0.3 is 8.25 Å². The molecule has 2 fully saturated rings. The molecule has 1 spiro atoms. The standard InChI is InChI=1S/C8H13BO5P/c1-5-6(11-2)7(9)14-8(5)3-12-15(10)13-4-8/h5-7H,3-4H2,1-2H3/q+1/t5?,6-,7+/m0/s1. The SMILES string of the molecule is [B][C@@H]1OC2(CO[P+](=O)OC2)C(C)[C@@H]1OC. The largest absolute Gasteiger partial charge is 0.697 e. The van der Waals surface area contributed by atoms with Crippen molar-refractivity contribution in [3.05, 3.63) is 0 Å². The summed E-state index contributed by atoms with van der Waals surface area (Å²) in [5.74, 6) is 0.0428. The normalized spacial score (nSPS) is 48.7. The maximum absolute atomic E-state index is 10.9. The Balaban J connectivity index is 2.13. The van der Waals surface area contributed by atoms with Crippen LogP contribution in [0.15, 0.2) is 0 Å². The third-order valence-electron chi connectivity index (χ3n) is 3.12. The monoisotopic (exact) mass is 231 g/mol. The second-order valence-electron chi connectivity index (χ2n) is 3.91. The van der Waals surface area contributed by atoms with Gasteiger partial charge in [0.05, 0.1) is 6.10 Å². The molecular weight excluding hydrogens is 218 g/mol. The van der Waals surface area contributed by atoms with Crippen LogP contribution in [0.5, 0.6) is 0 Å². The average molecular weight is 231 g/mol. The fourth-order valence-electron chi connectivity index (χ4n) is 2.10. The molecule has 1 unspecified atom stereocenters. The van der Waals surface area contributed by atoms with Crippen LogP contribution in [0.2, 0.25) is 0 Å². The summed E-state index contributed by atoms with van der Waals surface area (Å²) >= 11 is 0. The van der Waals surface area contributed by atoms with Crippen LogP contribution in [-0.4, -0.2) is 45.9 Å². The van der Waals surface area contributed by atoms with Crippen molar-refractivity contribution in [2.75, 3.05) is 20.3 Å². The topological polar surface area (TPSA) is 54.0 Å². The Morgan fingerprint density at radius 2 is 2.07 bits per heavy atom. The molecule has 0 aliphatic carbocycles. The zero-order valence-corrected chi connectivity index (χ0v) is 9.61. The fraction of sp³-hybridized carbons (Fsp3) is 1.00. The molecule has 0 aromatic rings. The van der Waals surface area contributed by atoms with Gasteiger partial charge in [-0.15, -0.1) is 9.05 Å². The van der Waals surface area contributed by atoms with E-state index in [4.69, 9.17) is 26.4 Å². The van der Waals surface area contributed by atoms with Crippen LogP contribution in [-0.2, 0) is 23.1 Å². The summed E-state index contributed by atoms with van der Waals surface area (Å²) in [4.78, 5) is 0. The van der Waals surface area contributed by atoms with E-state index in [1.807, 2.05) is 6.92 Å². The number of hydrogen-bond donors (Lipinski definition) is 0. The van der Waals surface area contributed by atoms with E-state index in [0.29, 0.717) is 0 Å². The Morgan fingerprint density at radius 3 is 2.53 bits per heavy atom. The Hall–Kier alpha value is 0.00494. The van der Waals surface area contributed by atoms with Crippen molar-refractivity contribution < 1.29 is 23.1 Å². The highest BCUT2D eigenvalue weighted by Crippen LogP contribution is 2.44. The maximum Gasteiger partial charge on any atom is 0.697 e. The first-order chi connectivity index (χ1) is 7.09. The van der Waals surface area contributed by atoms with Gasteiger partial charge in [0.1, 0.15) is 26.7 Å². The summed E-state index contributed by atoms with van der Waals surface area (Å²) in [5.41, 5.74) is -0.622. The molecule has 2 aliphatic heterocycles. The Morgan fingerprint density at radius 1 is 1.47 bits per heavy atom. The third kappa shape index (κ3) is 1.85. The van der Waals surface area contributed by atoms with Gasteiger partial charge in [0.25, 0.3) is 0 Å². The van der Waals surface area contributed by atoms with Crippen molar-refractivity contribution in [1.82, 2.24) is 0 Å². The molecule has 2 radical (unpaired) electrons. The average Bonchev–Trinajstić information content (AvgIpc) is 2.44. The predicted octanol–water partition coefficient (Wildman–Crippen LogP) is 0.605. The highest BCUT2D eigenvalue weighted by atomic mass is 31.1. The second-order valence-corrected chi connectivity index (χ2v) is 4.87. The molecule has 82 valence electrons. The summed E-state index contributed by atoms with van der Waals surface area (Å²) in [7, 11) is 5.38. The molecule has 2 saturated heterocycles. The second kappa shape index (κ2) is 4.11. The number of rotatable bonds is 1. The lowest BCUT2D eigenvalue weighted by molar-refractivity contribution is -0.108. The maximum atomic E-state index is 10.9. The van der Waals surface area contributed by atoms with Gasteiger partial charge in [-0.3, -0.25) is 0 Å². The molecule has 2 rings (SSSR count). The minimum Gasteiger partial charge on any atom is -0.379 e. The fourth-order valence-corrected chi connectivity index (χ4v) is 2.82. The van der Waals surface area contributed by atoms with E-state index >= 15 is 0 Å². The van der Waals surface area contributed by atoms with Crippen molar-refractivity contribution in [1.29, 1.82) is 0 Å². The number of methoxy groups -OCH3 is 1. The zero-order valence-electron chi connectivity index (χ0n) is 8.71. The summed E-state index contributed by atoms with van der Waals surface area (Å²) in [5, 5.41) is 0. The van der Waals surface area contributed by atoms with Crippen molar-refractivity contribution in [3.8, 4) is 0 Å². The highest BCUT2D eigenvalue weighted by Gasteiger charge is 2.57. The first kappa shape index (κ1) is 11.5. The molecule has 0 aromatic carbocycles. The highest BCUT2D eigenvalue weighted by molar-refractivity contribution is 7.33. The van der Waals surface area contributed by atoms with Gasteiger partial charge in [-0.25, -0.2) is 0 Å². The van der Waals surface area contributed by atoms with Crippen LogP contribution in [0.4, 0.5) is 0 Å². The van der Waals surface area contributed by atoms with Crippen molar-refractivity contribution in [2.24, 2.45) is 5.92 Å². The van der Waals surface area contributed by atoms with E-state index in [0.717, 1.165) is 0 Å². The van der Waals surface area contributed by atoms with E-state index < -0.39 is 19.9 Å². The number of hydrogen-bond acceptors (Lipinski definition) is 5. The minimum atomic E-state index is -2.00. The molecule has 0 aromatic heterocycles. The van der Waals surface area contributed by atoms with Gasteiger partial charge in [-0.05, 0) is 0 Å². The van der Waals surface area contributed by atoms with E-state index in [2.05, 4.69) is 0 Å². The van der Waals surface area contributed by atoms with E-state index in [1.165, 1.54) is 0 Å².